The van der Waals surface area contributed by atoms with Gasteiger partial charge in [0, 0.05) is 25.0 Å². The van der Waals surface area contributed by atoms with Crippen LogP contribution in [0.2, 0.25) is 0 Å². The molecule has 2 rings (SSSR count). The van der Waals surface area contributed by atoms with Crippen molar-refractivity contribution in [3.05, 3.63) is 15.9 Å². The highest BCUT2D eigenvalue weighted by atomic mass is 79.9. The monoisotopic (exact) mass is 347 g/mol. The van der Waals surface area contributed by atoms with Gasteiger partial charge in [0.2, 0.25) is 0 Å². The van der Waals surface area contributed by atoms with Crippen molar-refractivity contribution in [3.63, 3.8) is 0 Å². The number of piperidine rings is 1. The Morgan fingerprint density at radius 3 is 2.74 bits per heavy atom. The summed E-state index contributed by atoms with van der Waals surface area (Å²) in [7, 11) is 0. The fourth-order valence-corrected chi connectivity index (χ4v) is 3.59. The molecule has 2 unspecified atom stereocenters. The van der Waals surface area contributed by atoms with E-state index < -0.39 is 0 Å². The molecule has 19 heavy (non-hydrogen) atoms. The van der Waals surface area contributed by atoms with Gasteiger partial charge in [-0.25, -0.2) is 0 Å². The molecule has 0 N–H and O–H groups in total. The number of aromatic nitrogens is 2. The van der Waals surface area contributed by atoms with Gasteiger partial charge in [-0.1, -0.05) is 13.8 Å². The van der Waals surface area contributed by atoms with Gasteiger partial charge in [-0.05, 0) is 48.2 Å². The van der Waals surface area contributed by atoms with E-state index in [1.165, 1.54) is 10.2 Å². The fourth-order valence-electron chi connectivity index (χ4n) is 2.73. The molecule has 1 saturated heterocycles. The van der Waals surface area contributed by atoms with Crippen LogP contribution >= 0.6 is 27.5 Å². The van der Waals surface area contributed by atoms with Gasteiger partial charge < -0.3 is 0 Å². The number of rotatable bonds is 4. The van der Waals surface area contributed by atoms with Gasteiger partial charge in [0.1, 0.15) is 0 Å². The average molecular weight is 349 g/mol. The highest BCUT2D eigenvalue weighted by Gasteiger charge is 2.26. The maximum absolute atomic E-state index is 6.30. The maximum atomic E-state index is 6.30. The molecule has 0 amide bonds. The molecule has 0 bridgehead atoms. The van der Waals surface area contributed by atoms with E-state index in [2.05, 4.69) is 51.4 Å². The van der Waals surface area contributed by atoms with E-state index in [1.807, 2.05) is 0 Å². The minimum absolute atomic E-state index is 0.335. The van der Waals surface area contributed by atoms with Gasteiger partial charge in [-0.2, -0.15) is 5.10 Å². The highest BCUT2D eigenvalue weighted by molar-refractivity contribution is 9.10. The molecule has 2 atom stereocenters. The van der Waals surface area contributed by atoms with Crippen LogP contribution in [0.5, 0.6) is 0 Å². The number of nitrogens with zero attached hydrogens (tertiary/aromatic N) is 3. The normalized spacial score (nSPS) is 24.9. The first-order chi connectivity index (χ1) is 9.06. The van der Waals surface area contributed by atoms with E-state index >= 15 is 0 Å². The molecular weight excluding hydrogens is 326 g/mol. The molecule has 3 nitrogen and oxygen atoms in total. The second-order valence-corrected chi connectivity index (χ2v) is 6.75. The van der Waals surface area contributed by atoms with E-state index in [9.17, 15) is 0 Å². The van der Waals surface area contributed by atoms with Crippen LogP contribution in [-0.4, -0.2) is 33.1 Å². The zero-order chi connectivity index (χ0) is 14.0. The lowest BCUT2D eigenvalue weighted by atomic mass is 9.99. The van der Waals surface area contributed by atoms with Gasteiger partial charge in [-0.3, -0.25) is 9.58 Å². The third-order valence-corrected chi connectivity index (χ3v) is 5.52. The molecule has 1 aliphatic rings. The van der Waals surface area contributed by atoms with Gasteiger partial charge >= 0.3 is 0 Å². The summed E-state index contributed by atoms with van der Waals surface area (Å²) in [6.07, 6.45) is 2.06. The minimum Gasteiger partial charge on any atom is -0.297 e. The molecule has 5 heteroatoms. The van der Waals surface area contributed by atoms with Gasteiger partial charge in [-0.15, -0.1) is 11.6 Å². The van der Waals surface area contributed by atoms with Crippen LogP contribution in [0, 0.1) is 5.92 Å². The van der Waals surface area contributed by atoms with Crippen molar-refractivity contribution in [2.75, 3.05) is 13.1 Å². The molecule has 0 radical (unpaired) electrons. The number of likely N-dealkylation sites (tertiary alicyclic amines) is 1. The Kier molecular flexibility index (Phi) is 5.32. The predicted octanol–water partition coefficient (Wildman–Crippen LogP) is 3.68. The standard InChI is InChI=1S/C14H23BrClN3/c1-4-12-14(15)13(19(5-2)17-12)9-18-7-6-11(16)10(3)8-18/h10-11H,4-9H2,1-3H3. The molecular formula is C14H23BrClN3. The lowest BCUT2D eigenvalue weighted by Crippen LogP contribution is -2.39. The first-order valence-electron chi connectivity index (χ1n) is 7.17. The molecule has 1 fully saturated rings. The molecule has 0 aliphatic carbocycles. The van der Waals surface area contributed by atoms with Gasteiger partial charge in [0.25, 0.3) is 0 Å². The van der Waals surface area contributed by atoms with Crippen molar-refractivity contribution in [2.45, 2.75) is 52.1 Å². The van der Waals surface area contributed by atoms with Gasteiger partial charge in [0.05, 0.1) is 15.9 Å². The lowest BCUT2D eigenvalue weighted by Gasteiger charge is -2.34. The zero-order valence-corrected chi connectivity index (χ0v) is 14.3. The summed E-state index contributed by atoms with van der Waals surface area (Å²) >= 11 is 10.0. The number of hydrogen-bond donors (Lipinski definition) is 0. The fraction of sp³-hybridized carbons (Fsp3) is 0.786. The van der Waals surface area contributed by atoms with Crippen LogP contribution in [0.1, 0.15) is 38.6 Å². The van der Waals surface area contributed by atoms with Crippen molar-refractivity contribution in [3.8, 4) is 0 Å². The third-order valence-electron chi connectivity index (χ3n) is 3.95. The van der Waals surface area contributed by atoms with Crippen LogP contribution in [0.15, 0.2) is 4.47 Å². The van der Waals surface area contributed by atoms with Crippen LogP contribution in [0.3, 0.4) is 0 Å². The summed E-state index contributed by atoms with van der Waals surface area (Å²) in [5.41, 5.74) is 2.47. The summed E-state index contributed by atoms with van der Waals surface area (Å²) in [5.74, 6) is 0.567. The molecule has 108 valence electrons. The minimum atomic E-state index is 0.335. The Morgan fingerprint density at radius 1 is 1.42 bits per heavy atom. The van der Waals surface area contributed by atoms with E-state index in [4.69, 9.17) is 11.6 Å². The topological polar surface area (TPSA) is 21.1 Å². The Labute approximate surface area is 129 Å². The predicted molar refractivity (Wildman–Crippen MR) is 83.7 cm³/mol. The van der Waals surface area contributed by atoms with Crippen molar-refractivity contribution >= 4 is 27.5 Å². The summed E-state index contributed by atoms with van der Waals surface area (Å²) in [6.45, 7) is 10.6. The van der Waals surface area contributed by atoms with E-state index in [-0.39, 0.29) is 0 Å². The van der Waals surface area contributed by atoms with Crippen LogP contribution in [-0.2, 0) is 19.5 Å². The van der Waals surface area contributed by atoms with E-state index in [0.717, 1.165) is 44.7 Å². The third kappa shape index (κ3) is 3.34. The molecule has 0 aromatic carbocycles. The SMILES string of the molecule is CCc1nn(CC)c(CN2CCC(Cl)C(C)C2)c1Br. The first kappa shape index (κ1) is 15.3. The van der Waals surface area contributed by atoms with Crippen LogP contribution in [0.25, 0.3) is 0 Å². The highest BCUT2D eigenvalue weighted by Crippen LogP contribution is 2.27. The molecule has 2 heterocycles. The molecule has 0 saturated carbocycles. The number of hydrogen-bond acceptors (Lipinski definition) is 2. The van der Waals surface area contributed by atoms with Gasteiger partial charge in [0.15, 0.2) is 0 Å². The van der Waals surface area contributed by atoms with E-state index in [0.29, 0.717) is 11.3 Å². The largest absolute Gasteiger partial charge is 0.297 e. The summed E-state index contributed by atoms with van der Waals surface area (Å²) in [6, 6.07) is 0. The second kappa shape index (κ2) is 6.59. The summed E-state index contributed by atoms with van der Waals surface area (Å²) in [5, 5.41) is 5.00. The van der Waals surface area contributed by atoms with Crippen molar-refractivity contribution in [2.24, 2.45) is 5.92 Å². The summed E-state index contributed by atoms with van der Waals surface area (Å²) in [4.78, 5) is 2.50. The maximum Gasteiger partial charge on any atom is 0.0767 e. The average Bonchev–Trinajstić information content (AvgIpc) is 2.70. The van der Waals surface area contributed by atoms with Crippen LogP contribution < -0.4 is 0 Å². The quantitative estimate of drug-likeness (QED) is 0.774. The smallest absolute Gasteiger partial charge is 0.0767 e. The zero-order valence-electron chi connectivity index (χ0n) is 12.0. The Hall–Kier alpha value is -0.0600. The molecule has 0 spiro atoms. The lowest BCUT2D eigenvalue weighted by molar-refractivity contribution is 0.175. The Balaban J connectivity index is 2.12. The number of alkyl halides is 1. The van der Waals surface area contributed by atoms with Crippen molar-refractivity contribution < 1.29 is 0 Å². The number of halogens is 2. The first-order valence-corrected chi connectivity index (χ1v) is 8.40. The summed E-state index contributed by atoms with van der Waals surface area (Å²) < 4.78 is 3.32. The molecule has 1 aliphatic heterocycles. The second-order valence-electron chi connectivity index (χ2n) is 5.39. The van der Waals surface area contributed by atoms with Crippen molar-refractivity contribution in [1.82, 2.24) is 14.7 Å². The molecule has 1 aromatic heterocycles. The Bertz CT molecular complexity index is 433. The van der Waals surface area contributed by atoms with Crippen LogP contribution in [0.4, 0.5) is 0 Å². The Morgan fingerprint density at radius 2 is 2.16 bits per heavy atom. The molecule has 1 aromatic rings. The van der Waals surface area contributed by atoms with Crippen molar-refractivity contribution in [1.29, 1.82) is 0 Å². The number of aryl methyl sites for hydroxylation is 2. The van der Waals surface area contributed by atoms with E-state index in [1.54, 1.807) is 0 Å².